The highest BCUT2D eigenvalue weighted by molar-refractivity contribution is 6.25. The van der Waals surface area contributed by atoms with Crippen molar-refractivity contribution in [1.29, 1.82) is 0 Å². The molecule has 2 atom stereocenters. The summed E-state index contributed by atoms with van der Waals surface area (Å²) in [6, 6.07) is 15.1. The zero-order chi connectivity index (χ0) is 21.1. The molecule has 6 aromatic rings. The Labute approximate surface area is 179 Å². The van der Waals surface area contributed by atoms with Crippen LogP contribution in [-0.4, -0.2) is 20.0 Å². The molecule has 2 unspecified atom stereocenters. The van der Waals surface area contributed by atoms with Crippen molar-refractivity contribution in [2.24, 2.45) is 4.99 Å². The van der Waals surface area contributed by atoms with Gasteiger partial charge in [0, 0.05) is 32.3 Å². The van der Waals surface area contributed by atoms with Gasteiger partial charge in [0.25, 0.3) is 11.1 Å². The van der Waals surface area contributed by atoms with E-state index in [1.54, 1.807) is 21.1 Å². The number of hydrogen-bond acceptors (Lipinski definition) is 4. The van der Waals surface area contributed by atoms with Crippen LogP contribution >= 0.6 is 0 Å². The van der Waals surface area contributed by atoms with Crippen molar-refractivity contribution in [3.63, 3.8) is 0 Å². The van der Waals surface area contributed by atoms with E-state index in [0.717, 1.165) is 32.6 Å². The maximum Gasteiger partial charge on any atom is 0.264 e. The summed E-state index contributed by atoms with van der Waals surface area (Å²) < 4.78 is 3.48. The molecule has 6 heteroatoms. The highest BCUT2D eigenvalue weighted by Crippen LogP contribution is 2.35. The second-order valence-electron chi connectivity index (χ2n) is 8.51. The maximum absolute atomic E-state index is 13.6. The quantitative estimate of drug-likeness (QED) is 0.358. The molecule has 0 fully saturated rings. The fourth-order valence-corrected chi connectivity index (χ4v) is 5.60. The minimum absolute atomic E-state index is 0.0704. The molecule has 150 valence electrons. The molecule has 32 heavy (non-hydrogen) atoms. The van der Waals surface area contributed by atoms with Gasteiger partial charge in [-0.25, -0.2) is 4.98 Å². The molecule has 3 aromatic carbocycles. The molecule has 8 rings (SSSR count). The van der Waals surface area contributed by atoms with Gasteiger partial charge in [-0.3, -0.25) is 23.5 Å². The van der Waals surface area contributed by atoms with Gasteiger partial charge in [-0.1, -0.05) is 36.4 Å². The van der Waals surface area contributed by atoms with Gasteiger partial charge in [-0.2, -0.15) is 0 Å². The smallest absolute Gasteiger partial charge is 0.264 e. The first kappa shape index (κ1) is 16.4. The Balaban J connectivity index is 1.67. The number of imidazole rings is 1. The van der Waals surface area contributed by atoms with E-state index >= 15 is 0 Å². The number of allylic oxidation sites excluding steroid dienone is 2. The minimum atomic E-state index is -0.118. The number of aromatic nitrogens is 3. The Morgan fingerprint density at radius 1 is 0.750 bits per heavy atom. The predicted molar refractivity (Wildman–Crippen MR) is 125 cm³/mol. The number of benzene rings is 3. The largest absolute Gasteiger partial charge is 0.283 e. The average molecular weight is 414 g/mol. The van der Waals surface area contributed by atoms with E-state index in [0.29, 0.717) is 21.9 Å². The van der Waals surface area contributed by atoms with Gasteiger partial charge >= 0.3 is 0 Å². The van der Waals surface area contributed by atoms with Crippen molar-refractivity contribution >= 4 is 49.0 Å². The Hall–Kier alpha value is -4.32. The predicted octanol–water partition coefficient (Wildman–Crippen LogP) is 3.29. The van der Waals surface area contributed by atoms with E-state index < -0.39 is 0 Å². The van der Waals surface area contributed by atoms with Crippen LogP contribution in [0.1, 0.15) is 6.04 Å². The molecule has 0 saturated carbocycles. The van der Waals surface area contributed by atoms with Crippen LogP contribution in [0, 0.1) is 0 Å². The first-order valence-electron chi connectivity index (χ1n) is 10.6. The highest BCUT2D eigenvalue weighted by Gasteiger charge is 2.30. The molecule has 1 aliphatic heterocycles. The lowest BCUT2D eigenvalue weighted by Crippen LogP contribution is -2.34. The number of para-hydroxylation sites is 2. The molecule has 0 saturated heterocycles. The third-order valence-corrected chi connectivity index (χ3v) is 6.96. The average Bonchev–Trinajstić information content (AvgIpc) is 3.40. The van der Waals surface area contributed by atoms with Crippen LogP contribution in [0.2, 0.25) is 0 Å². The summed E-state index contributed by atoms with van der Waals surface area (Å²) in [7, 11) is 0. The molecule has 0 N–H and O–H groups in total. The summed E-state index contributed by atoms with van der Waals surface area (Å²) in [6.07, 6.45) is 7.99. The first-order valence-corrected chi connectivity index (χ1v) is 10.6. The summed E-state index contributed by atoms with van der Waals surface area (Å²) in [6.45, 7) is 0. The molecule has 1 aliphatic carbocycles. The van der Waals surface area contributed by atoms with Crippen molar-refractivity contribution < 1.29 is 0 Å². The second kappa shape index (κ2) is 5.29. The summed E-state index contributed by atoms with van der Waals surface area (Å²) in [4.78, 5) is 36.9. The van der Waals surface area contributed by atoms with Gasteiger partial charge in [0.2, 0.25) is 0 Å². The monoisotopic (exact) mass is 414 g/mol. The van der Waals surface area contributed by atoms with Crippen molar-refractivity contribution in [1.82, 2.24) is 14.0 Å². The Morgan fingerprint density at radius 3 is 2.38 bits per heavy atom. The van der Waals surface area contributed by atoms with Crippen LogP contribution in [0.3, 0.4) is 0 Å². The number of hydrogen-bond donors (Lipinski definition) is 0. The van der Waals surface area contributed by atoms with Crippen LogP contribution in [0.25, 0.3) is 49.0 Å². The van der Waals surface area contributed by atoms with Gasteiger partial charge < -0.3 is 0 Å². The summed E-state index contributed by atoms with van der Waals surface area (Å²) >= 11 is 0. The molecule has 2 aliphatic rings. The van der Waals surface area contributed by atoms with E-state index in [4.69, 9.17) is 9.98 Å². The molecule has 0 bridgehead atoms. The van der Waals surface area contributed by atoms with Gasteiger partial charge in [0.15, 0.2) is 0 Å². The van der Waals surface area contributed by atoms with Crippen molar-refractivity contribution in [2.45, 2.75) is 12.1 Å². The van der Waals surface area contributed by atoms with Crippen LogP contribution < -0.4 is 16.6 Å². The number of nitrogens with zero attached hydrogens (tertiary/aromatic N) is 4. The summed E-state index contributed by atoms with van der Waals surface area (Å²) in [5.41, 5.74) is 2.68. The summed E-state index contributed by atoms with van der Waals surface area (Å²) in [5, 5.41) is 4.57. The first-order chi connectivity index (χ1) is 15.7. The van der Waals surface area contributed by atoms with E-state index in [-0.39, 0.29) is 23.2 Å². The Bertz CT molecular complexity index is 2040. The lowest BCUT2D eigenvalue weighted by Gasteiger charge is -2.18. The topological polar surface area (TPSA) is 68.7 Å². The second-order valence-corrected chi connectivity index (χ2v) is 8.51. The number of rotatable bonds is 0. The molecule has 4 heterocycles. The zero-order valence-electron chi connectivity index (χ0n) is 16.7. The standard InChI is InChI=1S/C26H14N4O2/c31-25-15-11-12-16-22-14(24-28-18-6-2-4-8-20(18)30(24)26(16)32)10-9-13(21(15)22)23-27-17-5-1-3-7-19(17)29(23)25/h1-12,17,19H. The van der Waals surface area contributed by atoms with Gasteiger partial charge in [-0.05, 0) is 36.4 Å². The molecule has 0 spiro atoms. The van der Waals surface area contributed by atoms with Crippen molar-refractivity contribution in [3.05, 3.63) is 99.0 Å². The van der Waals surface area contributed by atoms with E-state index in [1.165, 1.54) is 0 Å². The van der Waals surface area contributed by atoms with Gasteiger partial charge in [0.1, 0.15) is 11.1 Å². The van der Waals surface area contributed by atoms with Gasteiger partial charge in [-0.15, -0.1) is 0 Å². The Morgan fingerprint density at radius 2 is 1.47 bits per heavy atom. The number of pyridine rings is 2. The SMILES string of the molecule is O=c1c2ccc3c(=O)n4c5ccccc5nc4c4ccc(c5n1C1C=CC=CC1N=5)c2c34. The fraction of sp³-hybridized carbons (Fsp3) is 0.0769. The molecular formula is C26H14N4O2. The van der Waals surface area contributed by atoms with Crippen molar-refractivity contribution in [2.75, 3.05) is 0 Å². The maximum atomic E-state index is 13.6. The van der Waals surface area contributed by atoms with Crippen molar-refractivity contribution in [3.8, 4) is 0 Å². The zero-order valence-corrected chi connectivity index (χ0v) is 16.7. The molecule has 3 aromatic heterocycles. The molecular weight excluding hydrogens is 400 g/mol. The van der Waals surface area contributed by atoms with E-state index in [9.17, 15) is 9.59 Å². The minimum Gasteiger partial charge on any atom is -0.283 e. The molecule has 6 nitrogen and oxygen atoms in total. The van der Waals surface area contributed by atoms with Crippen LogP contribution in [0.15, 0.2) is 87.4 Å². The van der Waals surface area contributed by atoms with E-state index in [1.807, 2.05) is 60.7 Å². The lowest BCUT2D eigenvalue weighted by molar-refractivity contribution is 0.577. The van der Waals surface area contributed by atoms with Crippen LogP contribution in [0.5, 0.6) is 0 Å². The molecule has 0 radical (unpaired) electrons. The highest BCUT2D eigenvalue weighted by atomic mass is 16.1. The third-order valence-electron chi connectivity index (χ3n) is 6.96. The normalized spacial score (nSPS) is 19.5. The van der Waals surface area contributed by atoms with E-state index in [2.05, 4.69) is 0 Å². The molecule has 0 amide bonds. The van der Waals surface area contributed by atoms with Gasteiger partial charge in [0.05, 0.1) is 23.1 Å². The Kier molecular flexibility index (Phi) is 2.71. The number of fused-ring (bicyclic) bond motifs is 8. The van der Waals surface area contributed by atoms with Crippen LogP contribution in [0.4, 0.5) is 0 Å². The fourth-order valence-electron chi connectivity index (χ4n) is 5.60. The van der Waals surface area contributed by atoms with Crippen LogP contribution in [-0.2, 0) is 0 Å². The lowest BCUT2D eigenvalue weighted by atomic mass is 9.96. The third kappa shape index (κ3) is 1.71. The summed E-state index contributed by atoms with van der Waals surface area (Å²) in [5.74, 6) is 0.